The van der Waals surface area contributed by atoms with Crippen molar-refractivity contribution in [2.45, 2.75) is 54.9 Å². The molecule has 0 saturated carbocycles. The zero-order chi connectivity index (χ0) is 27.6. The van der Waals surface area contributed by atoms with Gasteiger partial charge in [0.2, 0.25) is 0 Å². The van der Waals surface area contributed by atoms with Gasteiger partial charge in [-0.2, -0.15) is 67.2 Å². The number of halogens is 14. The molecule has 0 unspecified atom stereocenters. The van der Waals surface area contributed by atoms with E-state index in [1.807, 2.05) is 0 Å². The molecule has 0 aliphatic carbocycles. The fraction of sp³-hybridized carbons (Fsp3) is 0.529. The van der Waals surface area contributed by atoms with E-state index in [9.17, 15) is 71.4 Å². The standard InChI is InChI=1S/C17H10F14N2O2/c1-11(35)6-9(32-33(11)10(34)7-2-4-8(18)5-3-7)12(19,20)13(21,22)14(23,24)15(25,26)16(27,28)17(29,30)31/h2-5,35H,6H2,1H3/t11-/m0/s1. The number of hydrazone groups is 1. The molecule has 1 aromatic carbocycles. The normalized spacial score (nSPS) is 20.8. The second-order valence-corrected chi connectivity index (χ2v) is 7.43. The van der Waals surface area contributed by atoms with Crippen molar-refractivity contribution in [3.63, 3.8) is 0 Å². The van der Waals surface area contributed by atoms with E-state index in [-0.39, 0.29) is 0 Å². The Kier molecular flexibility index (Phi) is 6.47. The highest BCUT2D eigenvalue weighted by Gasteiger charge is 2.91. The van der Waals surface area contributed by atoms with Crippen LogP contribution in [0, 0.1) is 5.82 Å². The minimum atomic E-state index is -8.10. The molecular formula is C17H10F14N2O2. The lowest BCUT2D eigenvalue weighted by molar-refractivity contribution is -0.434. The van der Waals surface area contributed by atoms with E-state index in [0.717, 1.165) is 0 Å². The number of hydrogen-bond acceptors (Lipinski definition) is 3. The number of hydrogen-bond donors (Lipinski definition) is 1. The van der Waals surface area contributed by atoms with Crippen LogP contribution < -0.4 is 0 Å². The van der Waals surface area contributed by atoms with Gasteiger partial charge in [-0.05, 0) is 31.2 Å². The number of amides is 1. The van der Waals surface area contributed by atoms with E-state index in [1.54, 1.807) is 0 Å². The molecule has 1 aliphatic rings. The number of nitrogens with zero attached hydrogens (tertiary/aromatic N) is 2. The van der Waals surface area contributed by atoms with Gasteiger partial charge >= 0.3 is 35.8 Å². The summed E-state index contributed by atoms with van der Waals surface area (Å²) in [5, 5.41) is 12.2. The summed E-state index contributed by atoms with van der Waals surface area (Å²) in [5.41, 5.74) is -6.30. The first kappa shape index (κ1) is 28.6. The average molecular weight is 540 g/mol. The number of carbonyl (C=O) groups is 1. The van der Waals surface area contributed by atoms with Crippen molar-refractivity contribution in [3.8, 4) is 0 Å². The first-order chi connectivity index (χ1) is 15.4. The Bertz CT molecular complexity index is 1010. The molecule has 1 N–H and O–H groups in total. The summed E-state index contributed by atoms with van der Waals surface area (Å²) in [7, 11) is 0. The minimum absolute atomic E-state index is 0.403. The molecule has 1 atom stereocenters. The van der Waals surface area contributed by atoms with Crippen molar-refractivity contribution in [2.24, 2.45) is 5.10 Å². The first-order valence-corrected chi connectivity index (χ1v) is 8.72. The molecule has 0 aromatic heterocycles. The molecule has 1 aliphatic heterocycles. The summed E-state index contributed by atoms with van der Waals surface area (Å²) >= 11 is 0. The van der Waals surface area contributed by atoms with Gasteiger partial charge in [-0.1, -0.05) is 0 Å². The third-order valence-corrected chi connectivity index (χ3v) is 4.76. The van der Waals surface area contributed by atoms with Crippen LogP contribution >= 0.6 is 0 Å². The Morgan fingerprint density at radius 3 is 1.69 bits per heavy atom. The van der Waals surface area contributed by atoms with Crippen molar-refractivity contribution in [3.05, 3.63) is 35.6 Å². The smallest absolute Gasteiger partial charge is 0.369 e. The number of alkyl halides is 13. The van der Waals surface area contributed by atoms with E-state index < -0.39 is 75.9 Å². The van der Waals surface area contributed by atoms with Crippen LogP contribution in [0.15, 0.2) is 29.4 Å². The Hall–Kier alpha value is -2.66. The highest BCUT2D eigenvalue weighted by atomic mass is 19.4. The predicted molar refractivity (Wildman–Crippen MR) is 86.0 cm³/mol. The molecule has 1 heterocycles. The van der Waals surface area contributed by atoms with E-state index in [0.29, 0.717) is 31.2 Å². The summed E-state index contributed by atoms with van der Waals surface area (Å²) in [6.07, 6.45) is -9.52. The highest BCUT2D eigenvalue weighted by molar-refractivity contribution is 6.00. The van der Waals surface area contributed by atoms with Crippen molar-refractivity contribution in [2.75, 3.05) is 0 Å². The van der Waals surface area contributed by atoms with E-state index in [1.165, 1.54) is 0 Å². The van der Waals surface area contributed by atoms with E-state index in [4.69, 9.17) is 0 Å². The molecular weight excluding hydrogens is 530 g/mol. The molecule has 35 heavy (non-hydrogen) atoms. The summed E-state index contributed by atoms with van der Waals surface area (Å²) in [4.78, 5) is 12.3. The molecule has 1 aromatic rings. The zero-order valence-electron chi connectivity index (χ0n) is 16.6. The van der Waals surface area contributed by atoms with Gasteiger partial charge in [-0.15, -0.1) is 0 Å². The molecule has 0 saturated heterocycles. The van der Waals surface area contributed by atoms with Crippen LogP contribution in [0.2, 0.25) is 0 Å². The van der Waals surface area contributed by atoms with Crippen molar-refractivity contribution < 1.29 is 71.4 Å². The number of rotatable bonds is 6. The number of carbonyl (C=O) groups excluding carboxylic acids is 1. The second kappa shape index (κ2) is 7.92. The van der Waals surface area contributed by atoms with Crippen molar-refractivity contribution in [1.82, 2.24) is 5.01 Å². The van der Waals surface area contributed by atoms with Gasteiger partial charge < -0.3 is 5.11 Å². The second-order valence-electron chi connectivity index (χ2n) is 7.43. The van der Waals surface area contributed by atoms with Gasteiger partial charge in [0.1, 0.15) is 11.5 Å². The molecule has 198 valence electrons. The zero-order valence-corrected chi connectivity index (χ0v) is 16.6. The van der Waals surface area contributed by atoms with Crippen LogP contribution in [-0.4, -0.2) is 63.2 Å². The third-order valence-electron chi connectivity index (χ3n) is 4.76. The molecule has 4 nitrogen and oxygen atoms in total. The molecule has 0 bridgehead atoms. The van der Waals surface area contributed by atoms with Crippen LogP contribution in [0.3, 0.4) is 0 Å². The number of benzene rings is 1. The molecule has 0 radical (unpaired) electrons. The van der Waals surface area contributed by atoms with Gasteiger partial charge in [-0.25, -0.2) is 4.39 Å². The van der Waals surface area contributed by atoms with Crippen molar-refractivity contribution >= 4 is 11.6 Å². The Morgan fingerprint density at radius 1 is 0.829 bits per heavy atom. The highest BCUT2D eigenvalue weighted by Crippen LogP contribution is 2.60. The summed E-state index contributed by atoms with van der Waals surface area (Å²) in [6.45, 7) is 0.434. The molecule has 1 amide bonds. The fourth-order valence-electron chi connectivity index (χ4n) is 2.76. The maximum atomic E-state index is 14.3. The fourth-order valence-corrected chi connectivity index (χ4v) is 2.76. The van der Waals surface area contributed by atoms with Crippen LogP contribution in [-0.2, 0) is 0 Å². The minimum Gasteiger partial charge on any atom is -0.369 e. The maximum absolute atomic E-state index is 14.3. The first-order valence-electron chi connectivity index (χ1n) is 8.72. The molecule has 0 spiro atoms. The summed E-state index contributed by atoms with van der Waals surface area (Å²) in [5.74, 6) is -41.0. The number of aliphatic hydroxyl groups is 1. The molecule has 0 fully saturated rings. The lowest BCUT2D eigenvalue weighted by Gasteiger charge is -2.39. The molecule has 2 rings (SSSR count). The Morgan fingerprint density at radius 2 is 1.26 bits per heavy atom. The van der Waals surface area contributed by atoms with Crippen LogP contribution in [0.4, 0.5) is 61.5 Å². The monoisotopic (exact) mass is 540 g/mol. The van der Waals surface area contributed by atoms with Crippen LogP contribution in [0.25, 0.3) is 0 Å². The Labute approximate surface area is 184 Å². The van der Waals surface area contributed by atoms with Gasteiger partial charge in [0.25, 0.3) is 5.91 Å². The summed E-state index contributed by atoms with van der Waals surface area (Å²) in [6, 6.07) is 2.63. The van der Waals surface area contributed by atoms with Gasteiger partial charge in [0.05, 0.1) is 0 Å². The summed E-state index contributed by atoms with van der Waals surface area (Å²) < 4.78 is 186. The largest absolute Gasteiger partial charge is 0.460 e. The SMILES string of the molecule is C[C@]1(O)CC(C(F)(F)C(F)(F)C(F)(F)C(F)(F)C(F)(F)C(F)(F)F)=NN1C(=O)c1ccc(F)cc1. The van der Waals surface area contributed by atoms with Crippen molar-refractivity contribution in [1.29, 1.82) is 0 Å². The predicted octanol–water partition coefficient (Wildman–Crippen LogP) is 5.47. The average Bonchev–Trinajstić information content (AvgIpc) is 3.02. The topological polar surface area (TPSA) is 52.9 Å². The van der Waals surface area contributed by atoms with Gasteiger partial charge in [0.15, 0.2) is 5.72 Å². The van der Waals surface area contributed by atoms with Crippen LogP contribution in [0.5, 0.6) is 0 Å². The lowest BCUT2D eigenvalue weighted by Crippen LogP contribution is -2.71. The third kappa shape index (κ3) is 4.08. The quantitative estimate of drug-likeness (QED) is 0.487. The Balaban J connectivity index is 2.55. The van der Waals surface area contributed by atoms with E-state index >= 15 is 0 Å². The van der Waals surface area contributed by atoms with Gasteiger partial charge in [-0.3, -0.25) is 4.79 Å². The van der Waals surface area contributed by atoms with Gasteiger partial charge in [0, 0.05) is 12.0 Å². The maximum Gasteiger partial charge on any atom is 0.460 e. The van der Waals surface area contributed by atoms with Crippen LogP contribution in [0.1, 0.15) is 23.7 Å². The lowest BCUT2D eigenvalue weighted by atomic mass is 9.90. The molecule has 18 heteroatoms. The van der Waals surface area contributed by atoms with E-state index in [2.05, 4.69) is 5.10 Å².